The predicted octanol–water partition coefficient (Wildman–Crippen LogP) is 5.90. The molecule has 1 saturated heterocycles. The molecule has 2 rings (SSSR count). The fourth-order valence-corrected chi connectivity index (χ4v) is 4.24. The predicted molar refractivity (Wildman–Crippen MR) is 101 cm³/mol. The standard InChI is InChI=1S/C18H27ClN2S/c1-5-6-9-21-16(10-13(2)3)12-22-18(21)20-17-8-7-15(19)11-14(17)4/h7-8,11,13,16H,5-6,9-10,12H2,1-4H3/t16-/m0/s1. The molecule has 2 nitrogen and oxygen atoms in total. The van der Waals surface area contributed by atoms with Gasteiger partial charge in [0.05, 0.1) is 5.69 Å². The van der Waals surface area contributed by atoms with Crippen LogP contribution in [0.4, 0.5) is 5.69 Å². The van der Waals surface area contributed by atoms with Gasteiger partial charge in [-0.15, -0.1) is 0 Å². The molecule has 0 N–H and O–H groups in total. The van der Waals surface area contributed by atoms with Crippen molar-refractivity contribution in [2.24, 2.45) is 10.9 Å². The lowest BCUT2D eigenvalue weighted by Gasteiger charge is -2.27. The molecule has 0 unspecified atom stereocenters. The van der Waals surface area contributed by atoms with E-state index in [1.165, 1.54) is 24.4 Å². The van der Waals surface area contributed by atoms with Gasteiger partial charge in [-0.05, 0) is 49.4 Å². The molecule has 1 aliphatic heterocycles. The summed E-state index contributed by atoms with van der Waals surface area (Å²) in [5.41, 5.74) is 2.18. The molecule has 1 atom stereocenters. The Labute approximate surface area is 144 Å². The first-order valence-electron chi connectivity index (χ1n) is 8.25. The van der Waals surface area contributed by atoms with E-state index in [0.29, 0.717) is 6.04 Å². The first-order chi connectivity index (χ1) is 10.5. The van der Waals surface area contributed by atoms with Crippen LogP contribution in [0.5, 0.6) is 0 Å². The SMILES string of the molecule is CCCCN1C(=Nc2ccc(Cl)cc2C)SC[C@@H]1CC(C)C. The van der Waals surface area contributed by atoms with Crippen molar-refractivity contribution in [2.75, 3.05) is 12.3 Å². The van der Waals surface area contributed by atoms with Crippen LogP contribution in [0.3, 0.4) is 0 Å². The summed E-state index contributed by atoms with van der Waals surface area (Å²) in [5.74, 6) is 1.89. The Morgan fingerprint density at radius 3 is 2.82 bits per heavy atom. The van der Waals surface area contributed by atoms with E-state index in [2.05, 4.69) is 32.6 Å². The number of nitrogens with zero attached hydrogens (tertiary/aromatic N) is 2. The molecule has 1 aliphatic rings. The van der Waals surface area contributed by atoms with Gasteiger partial charge >= 0.3 is 0 Å². The Morgan fingerprint density at radius 2 is 2.18 bits per heavy atom. The van der Waals surface area contributed by atoms with Crippen molar-refractivity contribution in [1.29, 1.82) is 0 Å². The van der Waals surface area contributed by atoms with Gasteiger partial charge in [-0.1, -0.05) is 50.6 Å². The molecule has 0 aromatic heterocycles. The maximum atomic E-state index is 6.05. The lowest BCUT2D eigenvalue weighted by molar-refractivity contribution is 0.302. The van der Waals surface area contributed by atoms with Gasteiger partial charge in [0, 0.05) is 23.4 Å². The smallest absolute Gasteiger partial charge is 0.164 e. The van der Waals surface area contributed by atoms with E-state index in [1.54, 1.807) is 0 Å². The first kappa shape index (κ1) is 17.7. The molecule has 1 aromatic carbocycles. The number of benzene rings is 1. The molecule has 0 radical (unpaired) electrons. The quantitative estimate of drug-likeness (QED) is 0.641. The van der Waals surface area contributed by atoms with Crippen LogP contribution in [0.25, 0.3) is 0 Å². The van der Waals surface area contributed by atoms with Crippen LogP contribution in [0.2, 0.25) is 5.02 Å². The second-order valence-corrected chi connectivity index (χ2v) is 7.89. The summed E-state index contributed by atoms with van der Waals surface area (Å²) < 4.78 is 0. The van der Waals surface area contributed by atoms with Gasteiger partial charge in [-0.3, -0.25) is 0 Å². The zero-order valence-corrected chi connectivity index (χ0v) is 15.7. The van der Waals surface area contributed by atoms with Crippen LogP contribution >= 0.6 is 23.4 Å². The van der Waals surface area contributed by atoms with E-state index in [0.717, 1.165) is 34.5 Å². The number of unbranched alkanes of at least 4 members (excludes halogenated alkanes) is 1. The van der Waals surface area contributed by atoms with Gasteiger partial charge in [-0.25, -0.2) is 4.99 Å². The molecule has 122 valence electrons. The van der Waals surface area contributed by atoms with Crippen molar-refractivity contribution < 1.29 is 0 Å². The van der Waals surface area contributed by atoms with E-state index in [4.69, 9.17) is 16.6 Å². The van der Waals surface area contributed by atoms with Crippen LogP contribution in [0.15, 0.2) is 23.2 Å². The number of amidine groups is 1. The number of hydrogen-bond acceptors (Lipinski definition) is 2. The third kappa shape index (κ3) is 4.66. The van der Waals surface area contributed by atoms with Crippen LogP contribution in [0, 0.1) is 12.8 Å². The molecule has 0 aliphatic carbocycles. The van der Waals surface area contributed by atoms with E-state index < -0.39 is 0 Å². The van der Waals surface area contributed by atoms with Crippen molar-refractivity contribution in [3.8, 4) is 0 Å². The maximum absolute atomic E-state index is 6.05. The van der Waals surface area contributed by atoms with Gasteiger partial charge in [0.25, 0.3) is 0 Å². The highest BCUT2D eigenvalue weighted by molar-refractivity contribution is 8.14. The van der Waals surface area contributed by atoms with E-state index in [-0.39, 0.29) is 0 Å². The molecular formula is C18H27ClN2S. The fraction of sp³-hybridized carbons (Fsp3) is 0.611. The molecule has 0 saturated carbocycles. The highest BCUT2D eigenvalue weighted by Crippen LogP contribution is 2.32. The zero-order chi connectivity index (χ0) is 16.1. The number of aryl methyl sites for hydroxylation is 1. The van der Waals surface area contributed by atoms with Crippen molar-refractivity contribution in [3.05, 3.63) is 28.8 Å². The third-order valence-electron chi connectivity index (χ3n) is 3.96. The minimum Gasteiger partial charge on any atom is -0.347 e. The monoisotopic (exact) mass is 338 g/mol. The maximum Gasteiger partial charge on any atom is 0.164 e. The normalized spacial score (nSPS) is 20.4. The summed E-state index contributed by atoms with van der Waals surface area (Å²) in [6.45, 7) is 10.1. The van der Waals surface area contributed by atoms with Crippen molar-refractivity contribution in [2.45, 2.75) is 53.0 Å². The summed E-state index contributed by atoms with van der Waals surface area (Å²) in [7, 11) is 0. The molecule has 1 aromatic rings. The van der Waals surface area contributed by atoms with E-state index in [9.17, 15) is 0 Å². The van der Waals surface area contributed by atoms with Crippen LogP contribution in [0.1, 0.15) is 45.6 Å². The number of thioether (sulfide) groups is 1. The number of aliphatic imine (C=N–C) groups is 1. The minimum atomic E-state index is 0.628. The Kier molecular flexibility index (Phi) is 6.64. The van der Waals surface area contributed by atoms with Gasteiger partial charge < -0.3 is 4.90 Å². The largest absolute Gasteiger partial charge is 0.347 e. The van der Waals surface area contributed by atoms with Crippen molar-refractivity contribution >= 4 is 34.2 Å². The van der Waals surface area contributed by atoms with Gasteiger partial charge in [0.2, 0.25) is 0 Å². The van der Waals surface area contributed by atoms with Crippen LogP contribution in [-0.2, 0) is 0 Å². The van der Waals surface area contributed by atoms with Gasteiger partial charge in [0.1, 0.15) is 0 Å². The Bertz CT molecular complexity index is 528. The summed E-state index contributed by atoms with van der Waals surface area (Å²) in [6, 6.07) is 6.57. The van der Waals surface area contributed by atoms with E-state index >= 15 is 0 Å². The average molecular weight is 339 g/mol. The molecule has 1 heterocycles. The molecule has 0 amide bonds. The number of hydrogen-bond donors (Lipinski definition) is 0. The molecular weight excluding hydrogens is 312 g/mol. The number of halogens is 1. The zero-order valence-electron chi connectivity index (χ0n) is 14.1. The second-order valence-electron chi connectivity index (χ2n) is 6.47. The second kappa shape index (κ2) is 8.26. The summed E-state index contributed by atoms with van der Waals surface area (Å²) >= 11 is 7.95. The molecule has 0 spiro atoms. The third-order valence-corrected chi connectivity index (χ3v) is 5.33. The van der Waals surface area contributed by atoms with Gasteiger partial charge in [-0.2, -0.15) is 0 Å². The van der Waals surface area contributed by atoms with Crippen LogP contribution in [-0.4, -0.2) is 28.4 Å². The lowest BCUT2D eigenvalue weighted by Crippen LogP contribution is -2.35. The topological polar surface area (TPSA) is 15.6 Å². The average Bonchev–Trinajstić information content (AvgIpc) is 2.81. The summed E-state index contributed by atoms with van der Waals surface area (Å²) in [4.78, 5) is 7.47. The summed E-state index contributed by atoms with van der Waals surface area (Å²) in [6.07, 6.45) is 3.70. The van der Waals surface area contributed by atoms with Crippen molar-refractivity contribution in [3.63, 3.8) is 0 Å². The minimum absolute atomic E-state index is 0.628. The Morgan fingerprint density at radius 1 is 1.41 bits per heavy atom. The fourth-order valence-electron chi connectivity index (χ4n) is 2.79. The Hall–Kier alpha value is -0.670. The molecule has 4 heteroatoms. The van der Waals surface area contributed by atoms with Crippen molar-refractivity contribution in [1.82, 2.24) is 4.90 Å². The van der Waals surface area contributed by atoms with Crippen LogP contribution < -0.4 is 0 Å². The molecule has 22 heavy (non-hydrogen) atoms. The highest BCUT2D eigenvalue weighted by Gasteiger charge is 2.30. The van der Waals surface area contributed by atoms with Gasteiger partial charge in [0.15, 0.2) is 5.17 Å². The highest BCUT2D eigenvalue weighted by atomic mass is 35.5. The lowest BCUT2D eigenvalue weighted by atomic mass is 10.0. The molecule has 0 bridgehead atoms. The number of rotatable bonds is 6. The first-order valence-corrected chi connectivity index (χ1v) is 9.62. The molecule has 1 fully saturated rings. The Balaban J connectivity index is 2.21. The summed E-state index contributed by atoms with van der Waals surface area (Å²) in [5, 5.41) is 1.96. The van der Waals surface area contributed by atoms with E-state index in [1.807, 2.05) is 30.0 Å².